The maximum Gasteiger partial charge on any atom is 0.410 e. The third-order valence-electron chi connectivity index (χ3n) is 5.50. The van der Waals surface area contributed by atoms with Crippen molar-refractivity contribution >= 4 is 28.3 Å². The van der Waals surface area contributed by atoms with E-state index in [4.69, 9.17) is 19.2 Å². The molecule has 0 spiro atoms. The van der Waals surface area contributed by atoms with Gasteiger partial charge in [0.1, 0.15) is 22.9 Å². The van der Waals surface area contributed by atoms with Gasteiger partial charge in [-0.3, -0.25) is 0 Å². The average Bonchev–Trinajstić information content (AvgIpc) is 3.30. The minimum atomic E-state index is -0.505. The van der Waals surface area contributed by atoms with Gasteiger partial charge in [0, 0.05) is 31.7 Å². The van der Waals surface area contributed by atoms with E-state index in [1.165, 1.54) is 0 Å². The number of hydrogen-bond donors (Lipinski definition) is 0. The molecule has 1 amide bonds. The number of piperazine rings is 1. The Morgan fingerprint density at radius 3 is 2.25 bits per heavy atom. The van der Waals surface area contributed by atoms with Crippen LogP contribution in [0.25, 0.3) is 17.0 Å². The number of hydrogen-bond acceptors (Lipinski definition) is 7. The van der Waals surface area contributed by atoms with Gasteiger partial charge in [0.15, 0.2) is 5.13 Å². The lowest BCUT2D eigenvalue weighted by Gasteiger charge is -2.35. The summed E-state index contributed by atoms with van der Waals surface area (Å²) < 4.78 is 17.2. The molecular weight excluding hydrogens is 474 g/mol. The van der Waals surface area contributed by atoms with Gasteiger partial charge in [-0.25, -0.2) is 9.78 Å². The van der Waals surface area contributed by atoms with Crippen molar-refractivity contribution in [1.29, 1.82) is 0 Å². The second-order valence-corrected chi connectivity index (χ2v) is 10.4. The molecule has 4 rings (SSSR count). The van der Waals surface area contributed by atoms with E-state index in [0.717, 1.165) is 32.8 Å². The van der Waals surface area contributed by atoms with E-state index in [0.29, 0.717) is 38.5 Å². The SMILES string of the molecule is C=C(OCC)c1sc(N2CCN(C(=O)OC(C)(C)C)CC2)nc1-c1ccc(Oc2ccccc2)cc1. The van der Waals surface area contributed by atoms with Gasteiger partial charge in [-0.2, -0.15) is 0 Å². The highest BCUT2D eigenvalue weighted by atomic mass is 32.1. The largest absolute Gasteiger partial charge is 0.493 e. The number of carbonyl (C=O) groups is 1. The molecule has 2 heterocycles. The van der Waals surface area contributed by atoms with Crippen LogP contribution in [0.5, 0.6) is 11.5 Å². The van der Waals surface area contributed by atoms with Gasteiger partial charge in [-0.05, 0) is 64.1 Å². The first-order chi connectivity index (χ1) is 17.2. The predicted molar refractivity (Wildman–Crippen MR) is 145 cm³/mol. The van der Waals surface area contributed by atoms with Crippen molar-refractivity contribution in [3.8, 4) is 22.8 Å². The van der Waals surface area contributed by atoms with Crippen LogP contribution in [0.1, 0.15) is 32.6 Å². The third-order valence-corrected chi connectivity index (χ3v) is 6.65. The Kier molecular flexibility index (Phi) is 7.84. The minimum absolute atomic E-state index is 0.273. The lowest BCUT2D eigenvalue weighted by atomic mass is 10.1. The van der Waals surface area contributed by atoms with Crippen LogP contribution in [0, 0.1) is 0 Å². The summed E-state index contributed by atoms with van der Waals surface area (Å²) in [4.78, 5) is 22.3. The number of ether oxygens (including phenoxy) is 3. The molecule has 1 aliphatic heterocycles. The number of carbonyl (C=O) groups excluding carboxylic acids is 1. The van der Waals surface area contributed by atoms with Crippen LogP contribution in [0.3, 0.4) is 0 Å². The van der Waals surface area contributed by atoms with Crippen LogP contribution < -0.4 is 9.64 Å². The van der Waals surface area contributed by atoms with Gasteiger partial charge in [0.2, 0.25) is 0 Å². The number of thiazole rings is 1. The van der Waals surface area contributed by atoms with Crippen LogP contribution in [0.2, 0.25) is 0 Å². The van der Waals surface area contributed by atoms with Crippen LogP contribution in [-0.4, -0.2) is 54.4 Å². The first kappa shape index (κ1) is 25.6. The van der Waals surface area contributed by atoms with Gasteiger partial charge in [0.25, 0.3) is 0 Å². The Morgan fingerprint density at radius 1 is 1.00 bits per heavy atom. The number of rotatable bonds is 7. The molecule has 0 radical (unpaired) electrons. The first-order valence-corrected chi connectivity index (χ1v) is 12.9. The minimum Gasteiger partial charge on any atom is -0.493 e. The zero-order chi connectivity index (χ0) is 25.7. The Labute approximate surface area is 216 Å². The Bertz CT molecular complexity index is 1180. The van der Waals surface area contributed by atoms with E-state index in [-0.39, 0.29) is 6.09 Å². The molecule has 2 aromatic carbocycles. The molecule has 3 aromatic rings. The fraction of sp³-hybridized carbons (Fsp3) is 0.357. The smallest absolute Gasteiger partial charge is 0.410 e. The van der Waals surface area contributed by atoms with Gasteiger partial charge in [-0.1, -0.05) is 36.1 Å². The summed E-state index contributed by atoms with van der Waals surface area (Å²) in [7, 11) is 0. The zero-order valence-corrected chi connectivity index (χ0v) is 22.1. The van der Waals surface area contributed by atoms with Crippen molar-refractivity contribution in [2.45, 2.75) is 33.3 Å². The maximum absolute atomic E-state index is 12.4. The fourth-order valence-corrected chi connectivity index (χ4v) is 4.84. The zero-order valence-electron chi connectivity index (χ0n) is 21.3. The lowest BCUT2D eigenvalue weighted by Crippen LogP contribution is -2.50. The van der Waals surface area contributed by atoms with Crippen molar-refractivity contribution in [2.24, 2.45) is 0 Å². The number of aromatic nitrogens is 1. The summed E-state index contributed by atoms with van der Waals surface area (Å²) in [5.74, 6) is 2.15. The first-order valence-electron chi connectivity index (χ1n) is 12.1. The molecule has 8 heteroatoms. The highest BCUT2D eigenvalue weighted by molar-refractivity contribution is 7.17. The van der Waals surface area contributed by atoms with Crippen LogP contribution in [0.15, 0.2) is 61.2 Å². The summed E-state index contributed by atoms with van der Waals surface area (Å²) in [5.41, 5.74) is 1.28. The van der Waals surface area contributed by atoms with E-state index in [1.807, 2.05) is 82.3 Å². The van der Waals surface area contributed by atoms with E-state index in [2.05, 4.69) is 11.5 Å². The molecular formula is C28H33N3O4S. The Morgan fingerprint density at radius 2 is 1.64 bits per heavy atom. The van der Waals surface area contributed by atoms with Gasteiger partial charge >= 0.3 is 6.09 Å². The van der Waals surface area contributed by atoms with Crippen molar-refractivity contribution < 1.29 is 19.0 Å². The van der Waals surface area contributed by atoms with E-state index in [1.54, 1.807) is 16.2 Å². The van der Waals surface area contributed by atoms with Gasteiger partial charge in [0.05, 0.1) is 17.2 Å². The maximum atomic E-state index is 12.4. The number of benzene rings is 2. The lowest BCUT2D eigenvalue weighted by molar-refractivity contribution is 0.0240. The molecule has 36 heavy (non-hydrogen) atoms. The van der Waals surface area contributed by atoms with Crippen molar-refractivity contribution in [3.05, 3.63) is 66.1 Å². The van der Waals surface area contributed by atoms with Crippen molar-refractivity contribution in [2.75, 3.05) is 37.7 Å². The number of anilines is 1. The molecule has 0 atom stereocenters. The number of para-hydroxylation sites is 1. The number of amides is 1. The molecule has 0 unspecified atom stereocenters. The topological polar surface area (TPSA) is 64.1 Å². The predicted octanol–water partition coefficient (Wildman–Crippen LogP) is 6.67. The molecule has 7 nitrogen and oxygen atoms in total. The van der Waals surface area contributed by atoms with E-state index in [9.17, 15) is 4.79 Å². The average molecular weight is 508 g/mol. The fourth-order valence-electron chi connectivity index (χ4n) is 3.78. The summed E-state index contributed by atoms with van der Waals surface area (Å²) in [6, 6.07) is 17.6. The van der Waals surface area contributed by atoms with E-state index < -0.39 is 5.60 Å². The number of nitrogens with zero attached hydrogens (tertiary/aromatic N) is 3. The third kappa shape index (κ3) is 6.37. The van der Waals surface area contributed by atoms with Crippen LogP contribution >= 0.6 is 11.3 Å². The molecule has 1 aliphatic rings. The summed E-state index contributed by atoms with van der Waals surface area (Å²) >= 11 is 1.56. The molecule has 0 saturated carbocycles. The molecule has 190 valence electrons. The summed E-state index contributed by atoms with van der Waals surface area (Å²) in [6.45, 7) is 14.8. The quantitative estimate of drug-likeness (QED) is 0.333. The standard InChI is InChI=1S/C28H33N3O4S/c1-6-33-20(2)25-24(21-12-14-23(15-13-21)34-22-10-8-7-9-11-22)29-26(36-25)30-16-18-31(19-17-30)27(32)35-28(3,4)5/h7-15H,2,6,16-19H2,1,3-5H3. The van der Waals surface area contributed by atoms with Crippen molar-refractivity contribution in [3.63, 3.8) is 0 Å². The second kappa shape index (κ2) is 11.0. The van der Waals surface area contributed by atoms with Crippen LogP contribution in [-0.2, 0) is 9.47 Å². The monoisotopic (exact) mass is 507 g/mol. The molecule has 1 saturated heterocycles. The second-order valence-electron chi connectivity index (χ2n) is 9.42. The highest BCUT2D eigenvalue weighted by Crippen LogP contribution is 2.38. The molecule has 0 aliphatic carbocycles. The summed E-state index contributed by atoms with van der Waals surface area (Å²) in [5, 5.41) is 0.884. The molecule has 0 N–H and O–H groups in total. The van der Waals surface area contributed by atoms with Crippen molar-refractivity contribution in [1.82, 2.24) is 9.88 Å². The normalized spacial score (nSPS) is 13.9. The Balaban J connectivity index is 1.51. The molecule has 1 aromatic heterocycles. The van der Waals surface area contributed by atoms with Gasteiger partial charge < -0.3 is 24.0 Å². The highest BCUT2D eigenvalue weighted by Gasteiger charge is 2.28. The Hall–Kier alpha value is -3.52. The molecule has 0 bridgehead atoms. The van der Waals surface area contributed by atoms with Gasteiger partial charge in [-0.15, -0.1) is 0 Å². The molecule has 1 fully saturated rings. The van der Waals surface area contributed by atoms with E-state index >= 15 is 0 Å². The van der Waals surface area contributed by atoms with Crippen LogP contribution in [0.4, 0.5) is 9.93 Å². The summed E-state index contributed by atoms with van der Waals surface area (Å²) in [6.07, 6.45) is -0.273.